The molecule has 3 rings (SSSR count). The second-order valence-electron chi connectivity index (χ2n) is 7.86. The zero-order valence-electron chi connectivity index (χ0n) is 18.4. The lowest BCUT2D eigenvalue weighted by atomic mass is 9.89. The predicted molar refractivity (Wildman–Crippen MR) is 127 cm³/mol. The molecule has 0 bridgehead atoms. The number of hydrogen-bond donors (Lipinski definition) is 3. The third-order valence-electron chi connectivity index (χ3n) is 5.50. The Labute approximate surface area is 199 Å². The molecule has 1 saturated carbocycles. The first kappa shape index (κ1) is 24.9. The molecule has 8 nitrogen and oxygen atoms in total. The summed E-state index contributed by atoms with van der Waals surface area (Å²) in [5.74, 6) is -0.0343. The number of hydrogen-bond acceptors (Lipinski definition) is 5. The summed E-state index contributed by atoms with van der Waals surface area (Å²) < 4.78 is 33.3. The van der Waals surface area contributed by atoms with Crippen molar-refractivity contribution in [1.29, 1.82) is 0 Å². The van der Waals surface area contributed by atoms with E-state index >= 15 is 0 Å². The number of amides is 2. The van der Waals surface area contributed by atoms with Crippen LogP contribution in [0.15, 0.2) is 47.4 Å². The molecule has 0 heterocycles. The van der Waals surface area contributed by atoms with Crippen molar-refractivity contribution < 1.29 is 22.7 Å². The molecule has 0 spiro atoms. The van der Waals surface area contributed by atoms with Gasteiger partial charge in [-0.1, -0.05) is 36.9 Å². The van der Waals surface area contributed by atoms with E-state index in [0.717, 1.165) is 25.7 Å². The van der Waals surface area contributed by atoms with Crippen LogP contribution in [-0.4, -0.2) is 40.4 Å². The summed E-state index contributed by atoms with van der Waals surface area (Å²) in [4.78, 5) is 24.6. The number of anilines is 1. The Morgan fingerprint density at radius 2 is 1.76 bits per heavy atom. The topological polar surface area (TPSA) is 114 Å². The zero-order chi connectivity index (χ0) is 23.8. The normalized spacial score (nSPS) is 14.4. The van der Waals surface area contributed by atoms with Crippen LogP contribution >= 0.6 is 11.6 Å². The molecule has 3 N–H and O–H groups in total. The van der Waals surface area contributed by atoms with Gasteiger partial charge in [-0.3, -0.25) is 14.3 Å². The highest BCUT2D eigenvalue weighted by Gasteiger charge is 2.21. The fraction of sp³-hybridized carbons (Fsp3) is 0.391. The molecule has 1 aliphatic carbocycles. The summed E-state index contributed by atoms with van der Waals surface area (Å²) in [5, 5.41) is 5.90. The Kier molecular flexibility index (Phi) is 8.57. The second-order valence-corrected chi connectivity index (χ2v) is 9.98. The van der Waals surface area contributed by atoms with Crippen LogP contribution in [0.25, 0.3) is 0 Å². The van der Waals surface area contributed by atoms with E-state index in [1.807, 2.05) is 0 Å². The number of nitrogens with one attached hydrogen (secondary N) is 3. The Balaban J connectivity index is 1.58. The largest absolute Gasteiger partial charge is 0.495 e. The summed E-state index contributed by atoms with van der Waals surface area (Å²) >= 11 is 5.97. The van der Waals surface area contributed by atoms with E-state index in [9.17, 15) is 18.0 Å². The fourth-order valence-electron chi connectivity index (χ4n) is 3.74. The van der Waals surface area contributed by atoms with Crippen LogP contribution < -0.4 is 20.1 Å². The van der Waals surface area contributed by atoms with Gasteiger partial charge in [0.1, 0.15) is 5.75 Å². The van der Waals surface area contributed by atoms with Crippen LogP contribution in [0.4, 0.5) is 5.69 Å². The van der Waals surface area contributed by atoms with E-state index < -0.39 is 15.9 Å². The second kappa shape index (κ2) is 11.4. The number of sulfonamides is 1. The van der Waals surface area contributed by atoms with Gasteiger partial charge in [0.25, 0.3) is 15.9 Å². The van der Waals surface area contributed by atoms with Gasteiger partial charge in [-0.25, -0.2) is 8.42 Å². The molecule has 178 valence electrons. The minimum absolute atomic E-state index is 0.0274. The van der Waals surface area contributed by atoms with Gasteiger partial charge in [0.2, 0.25) is 5.91 Å². The Bertz CT molecular complexity index is 1100. The lowest BCUT2D eigenvalue weighted by molar-refractivity contribution is -0.125. The molecule has 0 atom stereocenters. The molecule has 1 aliphatic rings. The minimum Gasteiger partial charge on any atom is -0.495 e. The van der Waals surface area contributed by atoms with Crippen molar-refractivity contribution in [3.8, 4) is 5.75 Å². The van der Waals surface area contributed by atoms with Crippen molar-refractivity contribution in [2.75, 3.05) is 24.9 Å². The molecule has 0 aromatic heterocycles. The van der Waals surface area contributed by atoms with Crippen LogP contribution in [0.3, 0.4) is 0 Å². The van der Waals surface area contributed by atoms with Gasteiger partial charge in [-0.2, -0.15) is 0 Å². The van der Waals surface area contributed by atoms with E-state index in [2.05, 4.69) is 15.4 Å². The van der Waals surface area contributed by atoms with E-state index in [4.69, 9.17) is 16.3 Å². The summed E-state index contributed by atoms with van der Waals surface area (Å²) in [6.07, 6.45) is 5.15. The molecule has 33 heavy (non-hydrogen) atoms. The molecule has 10 heteroatoms. The smallest absolute Gasteiger partial charge is 0.262 e. The van der Waals surface area contributed by atoms with Crippen molar-refractivity contribution >= 4 is 39.1 Å². The maximum Gasteiger partial charge on any atom is 0.262 e. The average molecular weight is 494 g/mol. The van der Waals surface area contributed by atoms with Gasteiger partial charge in [0.15, 0.2) is 0 Å². The monoisotopic (exact) mass is 493 g/mol. The molecule has 0 aliphatic heterocycles. The van der Waals surface area contributed by atoms with Gasteiger partial charge < -0.3 is 15.4 Å². The number of methoxy groups -OCH3 is 1. The van der Waals surface area contributed by atoms with Gasteiger partial charge in [0.05, 0.1) is 17.7 Å². The van der Waals surface area contributed by atoms with Gasteiger partial charge in [0, 0.05) is 29.6 Å². The molecule has 2 aromatic rings. The third kappa shape index (κ3) is 6.85. The average Bonchev–Trinajstić information content (AvgIpc) is 2.82. The number of carbonyl (C=O) groups is 2. The van der Waals surface area contributed by atoms with Crippen LogP contribution in [0, 0.1) is 5.92 Å². The lowest BCUT2D eigenvalue weighted by Gasteiger charge is -2.20. The van der Waals surface area contributed by atoms with Gasteiger partial charge in [-0.05, 0) is 49.2 Å². The maximum atomic E-state index is 12.9. The van der Waals surface area contributed by atoms with Gasteiger partial charge in [-0.15, -0.1) is 0 Å². The molecule has 0 unspecified atom stereocenters. The SMILES string of the molecule is COc1ccc(Cl)cc1NS(=O)(=O)c1cccc(C(=O)NCCNC(=O)C2CCCCC2)c1. The first-order valence-electron chi connectivity index (χ1n) is 10.8. The van der Waals surface area contributed by atoms with Crippen LogP contribution in [0.2, 0.25) is 5.02 Å². The Morgan fingerprint density at radius 1 is 1.03 bits per heavy atom. The first-order chi connectivity index (χ1) is 15.8. The van der Waals surface area contributed by atoms with Crippen LogP contribution in [0.1, 0.15) is 42.5 Å². The Morgan fingerprint density at radius 3 is 2.48 bits per heavy atom. The zero-order valence-corrected chi connectivity index (χ0v) is 20.0. The van der Waals surface area contributed by atoms with Crippen molar-refractivity contribution in [3.63, 3.8) is 0 Å². The highest BCUT2D eigenvalue weighted by atomic mass is 35.5. The summed E-state index contributed by atoms with van der Waals surface area (Å²) in [7, 11) is -2.57. The molecular formula is C23H28ClN3O5S. The van der Waals surface area contributed by atoms with Crippen molar-refractivity contribution in [2.24, 2.45) is 5.92 Å². The quantitative estimate of drug-likeness (QED) is 0.462. The lowest BCUT2D eigenvalue weighted by Crippen LogP contribution is -2.38. The van der Waals surface area contributed by atoms with Crippen LogP contribution in [0.5, 0.6) is 5.75 Å². The molecule has 1 fully saturated rings. The Hall–Kier alpha value is -2.78. The number of rotatable bonds is 9. The maximum absolute atomic E-state index is 12.9. The predicted octanol–water partition coefficient (Wildman–Crippen LogP) is 3.58. The first-order valence-corrected chi connectivity index (χ1v) is 12.7. The van der Waals surface area contributed by atoms with E-state index in [-0.39, 0.29) is 34.5 Å². The highest BCUT2D eigenvalue weighted by molar-refractivity contribution is 7.92. The highest BCUT2D eigenvalue weighted by Crippen LogP contribution is 2.30. The molecule has 2 aromatic carbocycles. The number of carbonyl (C=O) groups excluding carboxylic acids is 2. The molecular weight excluding hydrogens is 466 g/mol. The number of ether oxygens (including phenoxy) is 1. The fourth-order valence-corrected chi connectivity index (χ4v) is 5.02. The summed E-state index contributed by atoms with van der Waals surface area (Å²) in [6, 6.07) is 10.3. The molecule has 0 saturated heterocycles. The standard InChI is InChI=1S/C23H28ClN3O5S/c1-32-21-11-10-18(24)15-20(21)27-33(30,31)19-9-5-8-17(14-19)23(29)26-13-12-25-22(28)16-6-3-2-4-7-16/h5,8-11,14-16,27H,2-4,6-7,12-13H2,1H3,(H,25,28)(H,26,29). The molecule has 0 radical (unpaired) electrons. The summed E-state index contributed by atoms with van der Waals surface area (Å²) in [6.45, 7) is 0.557. The number of halogens is 1. The van der Waals surface area contributed by atoms with Crippen molar-refractivity contribution in [2.45, 2.75) is 37.0 Å². The van der Waals surface area contributed by atoms with E-state index in [1.165, 1.54) is 43.9 Å². The van der Waals surface area contributed by atoms with E-state index in [1.54, 1.807) is 12.1 Å². The van der Waals surface area contributed by atoms with E-state index in [0.29, 0.717) is 17.3 Å². The van der Waals surface area contributed by atoms with Gasteiger partial charge >= 0.3 is 0 Å². The minimum atomic E-state index is -3.99. The van der Waals surface area contributed by atoms with Crippen molar-refractivity contribution in [3.05, 3.63) is 53.1 Å². The molecule has 2 amide bonds. The van der Waals surface area contributed by atoms with Crippen molar-refractivity contribution in [1.82, 2.24) is 10.6 Å². The summed E-state index contributed by atoms with van der Waals surface area (Å²) in [5.41, 5.74) is 0.378. The third-order valence-corrected chi connectivity index (χ3v) is 7.10. The number of benzene rings is 2. The van der Waals surface area contributed by atoms with Crippen LogP contribution in [-0.2, 0) is 14.8 Å².